The zero-order valence-corrected chi connectivity index (χ0v) is 13.7. The van der Waals surface area contributed by atoms with Gasteiger partial charge < -0.3 is 13.6 Å². The van der Waals surface area contributed by atoms with Gasteiger partial charge in [-0.15, -0.1) is 0 Å². The smallest absolute Gasteiger partial charge is 0.340 e. The van der Waals surface area contributed by atoms with Crippen LogP contribution in [0.5, 0.6) is 0 Å². The molecule has 0 aliphatic rings. The fourth-order valence-electron chi connectivity index (χ4n) is 1.98. The van der Waals surface area contributed by atoms with E-state index in [1.807, 2.05) is 26.8 Å². The minimum Gasteiger partial charge on any atom is -0.755 e. The first-order chi connectivity index (χ1) is 9.92. The summed E-state index contributed by atoms with van der Waals surface area (Å²) in [4.78, 5) is 12.0. The molecule has 0 fully saturated rings. The van der Waals surface area contributed by atoms with Crippen molar-refractivity contribution in [3.63, 3.8) is 0 Å². The summed E-state index contributed by atoms with van der Waals surface area (Å²) in [6.45, 7) is 6.35. The molecule has 6 heteroatoms. The van der Waals surface area contributed by atoms with Crippen molar-refractivity contribution in [2.75, 3.05) is 18.0 Å². The van der Waals surface area contributed by atoms with Crippen molar-refractivity contribution < 1.29 is 18.3 Å². The van der Waals surface area contributed by atoms with E-state index in [9.17, 15) is 13.6 Å². The zero-order valence-electron chi connectivity index (χ0n) is 12.9. The van der Waals surface area contributed by atoms with Gasteiger partial charge in [-0.05, 0) is 30.0 Å². The van der Waals surface area contributed by atoms with Gasteiger partial charge in [-0.25, -0.2) is 4.79 Å². The van der Waals surface area contributed by atoms with Crippen molar-refractivity contribution >= 4 is 22.9 Å². The first-order valence-electron chi connectivity index (χ1n) is 7.01. The Morgan fingerprint density at radius 2 is 2.10 bits per heavy atom. The molecule has 0 saturated heterocycles. The quantitative estimate of drug-likeness (QED) is 0.573. The standard InChI is InChI=1S/C15H23NO4S/c1-5-6-9-16(21(18)19)14-8-7-12(11(2)3)10-13(14)15(17)20-4/h7-8,10-11H,5-6,9H2,1-4H3,(H,18,19)/p-1. The Bertz CT molecular complexity index is 516. The van der Waals surface area contributed by atoms with Crippen molar-refractivity contribution in [2.45, 2.75) is 39.5 Å². The molecule has 5 nitrogen and oxygen atoms in total. The Labute approximate surface area is 128 Å². The van der Waals surface area contributed by atoms with Crippen molar-refractivity contribution in [2.24, 2.45) is 0 Å². The van der Waals surface area contributed by atoms with Crippen molar-refractivity contribution in [3.8, 4) is 0 Å². The van der Waals surface area contributed by atoms with E-state index in [1.165, 1.54) is 11.4 Å². The van der Waals surface area contributed by atoms with Crippen molar-refractivity contribution in [1.82, 2.24) is 0 Å². The molecule has 1 unspecified atom stereocenters. The molecule has 0 saturated carbocycles. The molecule has 0 heterocycles. The van der Waals surface area contributed by atoms with E-state index in [1.54, 1.807) is 12.1 Å². The molecule has 0 aromatic heterocycles. The number of hydrogen-bond acceptors (Lipinski definition) is 4. The van der Waals surface area contributed by atoms with Gasteiger partial charge in [-0.2, -0.15) is 0 Å². The van der Waals surface area contributed by atoms with Crippen molar-refractivity contribution in [3.05, 3.63) is 29.3 Å². The molecular formula is C15H22NO4S-. The summed E-state index contributed by atoms with van der Waals surface area (Å²) in [6, 6.07) is 5.23. The summed E-state index contributed by atoms with van der Waals surface area (Å²) in [5.74, 6) is -0.288. The van der Waals surface area contributed by atoms with E-state index in [4.69, 9.17) is 4.74 Å². The highest BCUT2D eigenvalue weighted by atomic mass is 32.2. The minimum absolute atomic E-state index is 0.240. The number of benzene rings is 1. The number of anilines is 1. The third-order valence-corrected chi connectivity index (χ3v) is 4.00. The van der Waals surface area contributed by atoms with Gasteiger partial charge in [0.25, 0.3) is 0 Å². The second-order valence-electron chi connectivity index (χ2n) is 5.10. The van der Waals surface area contributed by atoms with Gasteiger partial charge in [0.05, 0.1) is 18.4 Å². The van der Waals surface area contributed by atoms with Crippen LogP contribution >= 0.6 is 0 Å². The van der Waals surface area contributed by atoms with Crippen LogP contribution in [0.25, 0.3) is 0 Å². The molecule has 21 heavy (non-hydrogen) atoms. The molecule has 0 N–H and O–H groups in total. The average molecular weight is 312 g/mol. The molecule has 0 aliphatic heterocycles. The molecule has 0 amide bonds. The van der Waals surface area contributed by atoms with E-state index in [-0.39, 0.29) is 11.5 Å². The Morgan fingerprint density at radius 3 is 2.57 bits per heavy atom. The highest BCUT2D eigenvalue weighted by Crippen LogP contribution is 2.27. The summed E-state index contributed by atoms with van der Waals surface area (Å²) in [6.07, 6.45) is 1.59. The molecule has 1 rings (SSSR count). The molecule has 0 spiro atoms. The normalized spacial score (nSPS) is 12.3. The maximum atomic E-state index is 12.0. The van der Waals surface area contributed by atoms with Gasteiger partial charge in [-0.1, -0.05) is 33.3 Å². The van der Waals surface area contributed by atoms with Gasteiger partial charge >= 0.3 is 5.97 Å². The lowest BCUT2D eigenvalue weighted by Gasteiger charge is -2.28. The number of hydrogen-bond donors (Lipinski definition) is 0. The van der Waals surface area contributed by atoms with Gasteiger partial charge in [0.1, 0.15) is 0 Å². The third kappa shape index (κ3) is 4.54. The lowest BCUT2D eigenvalue weighted by Crippen LogP contribution is -2.28. The largest absolute Gasteiger partial charge is 0.755 e. The van der Waals surface area contributed by atoms with Crippen LogP contribution in [0.15, 0.2) is 18.2 Å². The van der Waals surface area contributed by atoms with Gasteiger partial charge in [-0.3, -0.25) is 4.21 Å². The van der Waals surface area contributed by atoms with Crippen LogP contribution in [0, 0.1) is 0 Å². The van der Waals surface area contributed by atoms with E-state index in [0.717, 1.165) is 18.4 Å². The highest BCUT2D eigenvalue weighted by molar-refractivity contribution is 7.80. The van der Waals surface area contributed by atoms with Crippen LogP contribution in [-0.2, 0) is 16.0 Å². The average Bonchev–Trinajstić information content (AvgIpc) is 2.46. The number of ether oxygens (including phenoxy) is 1. The SMILES string of the molecule is CCCCN(c1ccc(C(C)C)cc1C(=O)OC)S(=O)[O-]. The number of carbonyl (C=O) groups is 1. The third-order valence-electron chi connectivity index (χ3n) is 3.26. The molecule has 1 aromatic carbocycles. The lowest BCUT2D eigenvalue weighted by atomic mass is 9.99. The van der Waals surface area contributed by atoms with Crippen LogP contribution in [0.4, 0.5) is 5.69 Å². The van der Waals surface area contributed by atoms with Crippen LogP contribution in [0.3, 0.4) is 0 Å². The molecule has 0 bridgehead atoms. The zero-order chi connectivity index (χ0) is 16.0. The fourth-order valence-corrected chi connectivity index (χ4v) is 2.58. The Morgan fingerprint density at radius 1 is 1.43 bits per heavy atom. The first kappa shape index (κ1) is 17.7. The van der Waals surface area contributed by atoms with Gasteiger partial charge in [0.15, 0.2) is 0 Å². The highest BCUT2D eigenvalue weighted by Gasteiger charge is 2.19. The minimum atomic E-state index is -2.43. The molecule has 1 atom stereocenters. The van der Waals surface area contributed by atoms with Crippen LogP contribution in [0.2, 0.25) is 0 Å². The molecule has 0 radical (unpaired) electrons. The summed E-state index contributed by atoms with van der Waals surface area (Å²) < 4.78 is 28.9. The topological polar surface area (TPSA) is 69.7 Å². The van der Waals surface area contributed by atoms with E-state index in [2.05, 4.69) is 0 Å². The first-order valence-corrected chi connectivity index (χ1v) is 8.04. The van der Waals surface area contributed by atoms with E-state index < -0.39 is 17.2 Å². The summed E-state index contributed by atoms with van der Waals surface area (Å²) in [5.41, 5.74) is 1.61. The second kappa shape index (κ2) is 8.14. The molecular weight excluding hydrogens is 290 g/mol. The monoisotopic (exact) mass is 312 g/mol. The molecule has 118 valence electrons. The Kier molecular flexibility index (Phi) is 6.84. The predicted molar refractivity (Wildman–Crippen MR) is 83.0 cm³/mol. The Hall–Kier alpha value is -1.40. The fraction of sp³-hybridized carbons (Fsp3) is 0.533. The van der Waals surface area contributed by atoms with Gasteiger partial charge in [0, 0.05) is 17.8 Å². The lowest BCUT2D eigenvalue weighted by molar-refractivity contribution is 0.0601. The molecule has 0 aliphatic carbocycles. The number of carbonyl (C=O) groups excluding carboxylic acids is 1. The van der Waals surface area contributed by atoms with Crippen LogP contribution in [0.1, 0.15) is 55.5 Å². The van der Waals surface area contributed by atoms with Crippen molar-refractivity contribution in [1.29, 1.82) is 0 Å². The summed E-state index contributed by atoms with van der Waals surface area (Å²) in [7, 11) is 1.29. The predicted octanol–water partition coefficient (Wildman–Crippen LogP) is 3.00. The van der Waals surface area contributed by atoms with E-state index >= 15 is 0 Å². The second-order valence-corrected chi connectivity index (χ2v) is 5.97. The maximum absolute atomic E-state index is 12.0. The van der Waals surface area contributed by atoms with Gasteiger partial charge in [0.2, 0.25) is 0 Å². The number of nitrogens with zero attached hydrogens (tertiary/aromatic N) is 1. The number of rotatable bonds is 7. The van der Waals surface area contributed by atoms with E-state index in [0.29, 0.717) is 12.2 Å². The Balaban J connectivity index is 3.30. The van der Waals surface area contributed by atoms with Crippen LogP contribution in [-0.4, -0.2) is 28.4 Å². The molecule has 1 aromatic rings. The summed E-state index contributed by atoms with van der Waals surface area (Å²) in [5, 5.41) is 0. The number of methoxy groups -OCH3 is 1. The number of esters is 1. The van der Waals surface area contributed by atoms with Crippen LogP contribution < -0.4 is 4.31 Å². The summed E-state index contributed by atoms with van der Waals surface area (Å²) >= 11 is -2.43. The maximum Gasteiger partial charge on any atom is 0.340 e. The number of unbranched alkanes of at least 4 members (excludes halogenated alkanes) is 1.